The van der Waals surface area contributed by atoms with Crippen LogP contribution in [-0.4, -0.2) is 30.1 Å². The van der Waals surface area contributed by atoms with E-state index in [0.717, 1.165) is 16.8 Å². The summed E-state index contributed by atoms with van der Waals surface area (Å²) in [6.07, 6.45) is 5.61. The zero-order valence-electron chi connectivity index (χ0n) is 17.1. The Hall–Kier alpha value is -3.25. The number of nitrogens with one attached hydrogen (secondary N) is 2. The van der Waals surface area contributed by atoms with E-state index in [1.54, 1.807) is 24.4 Å². The fourth-order valence-corrected chi connectivity index (χ4v) is 3.36. The van der Waals surface area contributed by atoms with Crippen molar-refractivity contribution in [2.75, 3.05) is 14.2 Å². The number of aromatic nitrogens is 2. The van der Waals surface area contributed by atoms with E-state index in [1.165, 1.54) is 20.3 Å². The standard InChI is InChI=1S/C23H24ClN3O3/c1-4-18(23-25-14-19(27-23)16-8-6-5-7-9-16)26-21(28)11-10-15-12-17(24)22(30-3)20(13-15)29-2/h5-14,18H,4H2,1-3H3,(H,25,27)(H,26,28)/b11-10-/t18-/m1/s1. The van der Waals surface area contributed by atoms with Gasteiger partial charge < -0.3 is 19.8 Å². The Morgan fingerprint density at radius 2 is 2.00 bits per heavy atom. The molecule has 2 aromatic carbocycles. The fourth-order valence-electron chi connectivity index (χ4n) is 3.07. The number of carbonyl (C=O) groups is 1. The molecule has 156 valence electrons. The molecule has 0 aliphatic carbocycles. The minimum Gasteiger partial charge on any atom is -0.493 e. The summed E-state index contributed by atoms with van der Waals surface area (Å²) in [5.41, 5.74) is 2.68. The van der Waals surface area contributed by atoms with Gasteiger partial charge in [-0.2, -0.15) is 0 Å². The fraction of sp³-hybridized carbons (Fsp3) is 0.217. The maximum atomic E-state index is 12.5. The number of nitrogens with zero attached hydrogens (tertiary/aromatic N) is 1. The molecule has 0 fully saturated rings. The van der Waals surface area contributed by atoms with Gasteiger partial charge in [0.15, 0.2) is 11.5 Å². The van der Waals surface area contributed by atoms with Crippen LogP contribution in [0.1, 0.15) is 30.8 Å². The van der Waals surface area contributed by atoms with Gasteiger partial charge >= 0.3 is 0 Å². The van der Waals surface area contributed by atoms with E-state index < -0.39 is 0 Å². The second-order valence-corrected chi connectivity index (χ2v) is 7.00. The van der Waals surface area contributed by atoms with Crippen LogP contribution < -0.4 is 14.8 Å². The lowest BCUT2D eigenvalue weighted by Crippen LogP contribution is -2.27. The highest BCUT2D eigenvalue weighted by molar-refractivity contribution is 6.32. The highest BCUT2D eigenvalue weighted by Gasteiger charge is 2.15. The Morgan fingerprint density at radius 1 is 1.23 bits per heavy atom. The number of rotatable bonds is 8. The zero-order chi connectivity index (χ0) is 21.5. The van der Waals surface area contributed by atoms with Gasteiger partial charge in [-0.25, -0.2) is 4.98 Å². The molecule has 0 saturated heterocycles. The molecule has 6 nitrogen and oxygen atoms in total. The SMILES string of the molecule is CC[C@@H](NC(=O)/C=C\c1cc(Cl)c(OC)c(OC)c1)c1ncc(-c2ccccc2)[nH]1. The molecule has 3 aromatic rings. The summed E-state index contributed by atoms with van der Waals surface area (Å²) in [5.74, 6) is 1.44. The average molecular weight is 426 g/mol. The Kier molecular flexibility index (Phi) is 7.14. The summed E-state index contributed by atoms with van der Waals surface area (Å²) in [6.45, 7) is 1.99. The number of imidazole rings is 1. The highest BCUT2D eigenvalue weighted by Crippen LogP contribution is 2.36. The smallest absolute Gasteiger partial charge is 0.244 e. The molecule has 0 saturated carbocycles. The number of methoxy groups -OCH3 is 2. The number of H-pyrrole nitrogens is 1. The number of benzene rings is 2. The summed E-state index contributed by atoms with van der Waals surface area (Å²) in [5, 5.41) is 3.38. The lowest BCUT2D eigenvalue weighted by Gasteiger charge is -2.13. The Labute approximate surface area is 180 Å². The minimum absolute atomic E-state index is 0.228. The van der Waals surface area contributed by atoms with E-state index in [2.05, 4.69) is 15.3 Å². The molecule has 1 atom stereocenters. The molecule has 3 rings (SSSR count). The number of ether oxygens (including phenoxy) is 2. The first-order valence-electron chi connectivity index (χ1n) is 9.56. The molecular weight excluding hydrogens is 402 g/mol. The third-order valence-electron chi connectivity index (χ3n) is 4.62. The van der Waals surface area contributed by atoms with Crippen molar-refractivity contribution in [3.63, 3.8) is 0 Å². The predicted molar refractivity (Wildman–Crippen MR) is 119 cm³/mol. The third kappa shape index (κ3) is 5.02. The van der Waals surface area contributed by atoms with Crippen LogP contribution in [0.4, 0.5) is 0 Å². The molecule has 0 bridgehead atoms. The maximum absolute atomic E-state index is 12.5. The molecule has 1 amide bonds. The minimum atomic E-state index is -0.231. The van der Waals surface area contributed by atoms with Crippen LogP contribution in [0.2, 0.25) is 5.02 Å². The van der Waals surface area contributed by atoms with E-state index in [4.69, 9.17) is 21.1 Å². The normalized spacial score (nSPS) is 12.0. The first kappa shape index (κ1) is 21.5. The van der Waals surface area contributed by atoms with Crippen molar-refractivity contribution in [3.05, 3.63) is 71.1 Å². The largest absolute Gasteiger partial charge is 0.493 e. The monoisotopic (exact) mass is 425 g/mol. The molecule has 0 radical (unpaired) electrons. The van der Waals surface area contributed by atoms with Gasteiger partial charge in [0, 0.05) is 6.08 Å². The molecule has 0 spiro atoms. The first-order chi connectivity index (χ1) is 14.5. The van der Waals surface area contributed by atoms with Crippen LogP contribution in [-0.2, 0) is 4.79 Å². The van der Waals surface area contributed by atoms with Crippen molar-refractivity contribution in [2.24, 2.45) is 0 Å². The Bertz CT molecular complexity index is 1030. The van der Waals surface area contributed by atoms with Crippen LogP contribution in [0.25, 0.3) is 17.3 Å². The van der Waals surface area contributed by atoms with Crippen LogP contribution >= 0.6 is 11.6 Å². The number of hydrogen-bond donors (Lipinski definition) is 2. The van der Waals surface area contributed by atoms with E-state index in [-0.39, 0.29) is 11.9 Å². The van der Waals surface area contributed by atoms with Crippen molar-refractivity contribution in [1.29, 1.82) is 0 Å². The van der Waals surface area contributed by atoms with E-state index in [0.29, 0.717) is 28.8 Å². The van der Waals surface area contributed by atoms with Gasteiger partial charge in [-0.05, 0) is 35.8 Å². The van der Waals surface area contributed by atoms with Crippen LogP contribution in [0.3, 0.4) is 0 Å². The summed E-state index contributed by atoms with van der Waals surface area (Å²) < 4.78 is 10.5. The number of hydrogen-bond acceptors (Lipinski definition) is 4. The van der Waals surface area contributed by atoms with Crippen molar-refractivity contribution in [2.45, 2.75) is 19.4 Å². The van der Waals surface area contributed by atoms with E-state index in [9.17, 15) is 4.79 Å². The van der Waals surface area contributed by atoms with Crippen molar-refractivity contribution in [3.8, 4) is 22.8 Å². The van der Waals surface area contributed by atoms with E-state index in [1.807, 2.05) is 37.3 Å². The van der Waals surface area contributed by atoms with Crippen molar-refractivity contribution >= 4 is 23.6 Å². The highest BCUT2D eigenvalue weighted by atomic mass is 35.5. The molecule has 1 heterocycles. The molecule has 0 unspecified atom stereocenters. The first-order valence-corrected chi connectivity index (χ1v) is 9.94. The van der Waals surface area contributed by atoms with Gasteiger partial charge in [0.2, 0.25) is 5.91 Å². The number of halogens is 1. The maximum Gasteiger partial charge on any atom is 0.244 e. The quantitative estimate of drug-likeness (QED) is 0.496. The molecule has 2 N–H and O–H groups in total. The van der Waals surface area contributed by atoms with Gasteiger partial charge in [-0.3, -0.25) is 4.79 Å². The van der Waals surface area contributed by atoms with Gasteiger partial charge in [0.25, 0.3) is 0 Å². The summed E-state index contributed by atoms with van der Waals surface area (Å²) in [7, 11) is 3.06. The second-order valence-electron chi connectivity index (χ2n) is 6.59. The summed E-state index contributed by atoms with van der Waals surface area (Å²) in [6, 6.07) is 13.2. The molecule has 7 heteroatoms. The molecular formula is C23H24ClN3O3. The van der Waals surface area contributed by atoms with Crippen molar-refractivity contribution in [1.82, 2.24) is 15.3 Å². The number of aromatic amines is 1. The average Bonchev–Trinajstić information content (AvgIpc) is 3.26. The molecule has 30 heavy (non-hydrogen) atoms. The number of carbonyl (C=O) groups excluding carboxylic acids is 1. The van der Waals surface area contributed by atoms with Crippen LogP contribution in [0.5, 0.6) is 11.5 Å². The number of amides is 1. The predicted octanol–water partition coefficient (Wildman–Crippen LogP) is 5.03. The molecule has 0 aliphatic rings. The van der Waals surface area contributed by atoms with Crippen LogP contribution in [0, 0.1) is 0 Å². The summed E-state index contributed by atoms with van der Waals surface area (Å²) >= 11 is 6.22. The van der Waals surface area contributed by atoms with Gasteiger partial charge in [-0.1, -0.05) is 48.9 Å². The second kappa shape index (κ2) is 9.98. The van der Waals surface area contributed by atoms with Crippen LogP contribution in [0.15, 0.2) is 54.7 Å². The zero-order valence-corrected chi connectivity index (χ0v) is 17.9. The molecule has 1 aromatic heterocycles. The van der Waals surface area contributed by atoms with E-state index >= 15 is 0 Å². The van der Waals surface area contributed by atoms with Gasteiger partial charge in [0.05, 0.1) is 37.2 Å². The Balaban J connectivity index is 1.70. The Morgan fingerprint density at radius 3 is 2.67 bits per heavy atom. The topological polar surface area (TPSA) is 76.2 Å². The molecule has 0 aliphatic heterocycles. The summed E-state index contributed by atoms with van der Waals surface area (Å²) in [4.78, 5) is 20.2. The lowest BCUT2D eigenvalue weighted by molar-refractivity contribution is -0.117. The van der Waals surface area contributed by atoms with Crippen molar-refractivity contribution < 1.29 is 14.3 Å². The lowest BCUT2D eigenvalue weighted by atomic mass is 10.1. The third-order valence-corrected chi connectivity index (χ3v) is 4.90. The van der Waals surface area contributed by atoms with Gasteiger partial charge in [0.1, 0.15) is 5.82 Å². The van der Waals surface area contributed by atoms with Gasteiger partial charge in [-0.15, -0.1) is 0 Å².